The number of nitrogens with zero attached hydrogens (tertiary/aromatic N) is 1. The predicted molar refractivity (Wildman–Crippen MR) is 39.4 cm³/mol. The van der Waals surface area contributed by atoms with E-state index >= 15 is 0 Å². The van der Waals surface area contributed by atoms with Crippen LogP contribution in [0.5, 0.6) is 5.75 Å². The number of nitrogens with two attached hydrogens (primary N) is 1. The number of hydrogen-bond donors (Lipinski definition) is 3. The van der Waals surface area contributed by atoms with Gasteiger partial charge in [0.25, 0.3) is 5.56 Å². The molecule has 1 heterocycles. The molecule has 0 unspecified atom stereocenters. The Morgan fingerprint density at radius 1 is 1.75 bits per heavy atom. The van der Waals surface area contributed by atoms with E-state index in [9.17, 15) is 9.59 Å². The quantitative estimate of drug-likeness (QED) is 0.500. The number of hydrogen-bond acceptors (Lipinski definition) is 4. The van der Waals surface area contributed by atoms with Gasteiger partial charge in [0.15, 0.2) is 0 Å². The first-order valence-corrected chi connectivity index (χ1v) is 3.15. The predicted octanol–water partition coefficient (Wildman–Crippen LogP) is -1.50. The molecular formula is C6H7N3O3. The average Bonchev–Trinajstić information content (AvgIpc) is 1.98. The third kappa shape index (κ3) is 1.60. The van der Waals surface area contributed by atoms with Gasteiger partial charge in [-0.1, -0.05) is 0 Å². The van der Waals surface area contributed by atoms with E-state index in [1.54, 1.807) is 0 Å². The lowest BCUT2D eigenvalue weighted by atomic mass is 10.3. The average molecular weight is 169 g/mol. The van der Waals surface area contributed by atoms with Crippen molar-refractivity contribution in [3.8, 4) is 5.75 Å². The Hall–Kier alpha value is -1.85. The molecule has 4 N–H and O–H groups in total. The molecule has 64 valence electrons. The fourth-order valence-electron chi connectivity index (χ4n) is 0.724. The number of aromatic hydroxyl groups is 1. The Morgan fingerprint density at radius 3 is 3.00 bits per heavy atom. The molecule has 0 spiro atoms. The minimum absolute atomic E-state index is 0.00810. The molecule has 1 amide bonds. The molecule has 1 rings (SSSR count). The van der Waals surface area contributed by atoms with Crippen LogP contribution < -0.4 is 11.3 Å². The number of amides is 1. The second-order valence-electron chi connectivity index (χ2n) is 2.17. The standard InChI is InChI=1S/C6H7N3O3/c7-4(10)1-3-5(11)6(12)9-2-8-3/h2,11H,1H2,(H2,7,10)(H,8,9,12). The molecule has 0 aliphatic rings. The maximum Gasteiger partial charge on any atom is 0.293 e. The number of nitrogens with one attached hydrogen (secondary N) is 1. The fraction of sp³-hybridized carbons (Fsp3) is 0.167. The third-order valence-electron chi connectivity index (χ3n) is 1.25. The summed E-state index contributed by atoms with van der Waals surface area (Å²) in [5.41, 5.74) is 4.15. The highest BCUT2D eigenvalue weighted by molar-refractivity contribution is 5.76. The first kappa shape index (κ1) is 8.25. The lowest BCUT2D eigenvalue weighted by Gasteiger charge is -1.97. The van der Waals surface area contributed by atoms with Crippen LogP contribution in [0.15, 0.2) is 11.1 Å². The second-order valence-corrected chi connectivity index (χ2v) is 2.17. The Bertz CT molecular complexity index is 357. The van der Waals surface area contributed by atoms with Gasteiger partial charge in [0.2, 0.25) is 11.7 Å². The van der Waals surface area contributed by atoms with E-state index in [1.165, 1.54) is 0 Å². The molecule has 6 nitrogen and oxygen atoms in total. The van der Waals surface area contributed by atoms with Gasteiger partial charge in [0, 0.05) is 0 Å². The maximum atomic E-state index is 10.7. The van der Waals surface area contributed by atoms with Gasteiger partial charge in [-0.25, -0.2) is 4.98 Å². The van der Waals surface area contributed by atoms with Crippen molar-refractivity contribution in [3.63, 3.8) is 0 Å². The monoisotopic (exact) mass is 169 g/mol. The minimum Gasteiger partial charge on any atom is -0.502 e. The first-order chi connectivity index (χ1) is 5.61. The van der Waals surface area contributed by atoms with Crippen LogP contribution in [0, 0.1) is 0 Å². The van der Waals surface area contributed by atoms with Gasteiger partial charge in [0.05, 0.1) is 18.4 Å². The smallest absolute Gasteiger partial charge is 0.293 e. The molecule has 0 saturated heterocycles. The van der Waals surface area contributed by atoms with E-state index in [0.29, 0.717) is 0 Å². The summed E-state index contributed by atoms with van der Waals surface area (Å²) in [7, 11) is 0. The molecule has 6 heteroatoms. The molecule has 0 aliphatic carbocycles. The molecule has 1 aromatic heterocycles. The van der Waals surface area contributed by atoms with Crippen molar-refractivity contribution in [2.75, 3.05) is 0 Å². The van der Waals surface area contributed by atoms with Crippen molar-refractivity contribution >= 4 is 5.91 Å². The van der Waals surface area contributed by atoms with E-state index in [2.05, 4.69) is 9.97 Å². The summed E-state index contributed by atoms with van der Waals surface area (Å²) in [5.74, 6) is -1.21. The fourth-order valence-corrected chi connectivity index (χ4v) is 0.724. The first-order valence-electron chi connectivity index (χ1n) is 3.15. The Balaban J connectivity index is 3.08. The van der Waals surface area contributed by atoms with Crippen molar-refractivity contribution in [1.82, 2.24) is 9.97 Å². The number of carbonyl (C=O) groups is 1. The molecule has 0 atom stereocenters. The van der Waals surface area contributed by atoms with Crippen LogP contribution in [0.25, 0.3) is 0 Å². The van der Waals surface area contributed by atoms with Crippen molar-refractivity contribution in [2.24, 2.45) is 5.73 Å². The lowest BCUT2D eigenvalue weighted by molar-refractivity contribution is -0.117. The topological polar surface area (TPSA) is 109 Å². The van der Waals surface area contributed by atoms with Crippen LogP contribution in [0.1, 0.15) is 5.69 Å². The van der Waals surface area contributed by atoms with Crippen molar-refractivity contribution in [2.45, 2.75) is 6.42 Å². The highest BCUT2D eigenvalue weighted by atomic mass is 16.3. The van der Waals surface area contributed by atoms with Crippen molar-refractivity contribution in [3.05, 3.63) is 22.4 Å². The number of aromatic amines is 1. The largest absolute Gasteiger partial charge is 0.502 e. The summed E-state index contributed by atoms with van der Waals surface area (Å²) in [6.07, 6.45) is 0.857. The zero-order valence-corrected chi connectivity index (χ0v) is 6.07. The molecule has 0 fully saturated rings. The van der Waals surface area contributed by atoms with Gasteiger partial charge in [-0.3, -0.25) is 9.59 Å². The van der Waals surface area contributed by atoms with Crippen LogP contribution in [0.2, 0.25) is 0 Å². The molecule has 0 saturated carbocycles. The van der Waals surface area contributed by atoms with Crippen LogP contribution in [0.3, 0.4) is 0 Å². The Labute approximate surface area is 67.1 Å². The zero-order valence-electron chi connectivity index (χ0n) is 6.07. The molecular weight excluding hydrogens is 162 g/mol. The van der Waals surface area contributed by atoms with Gasteiger partial charge in [-0.05, 0) is 0 Å². The summed E-state index contributed by atoms with van der Waals surface area (Å²) in [4.78, 5) is 26.8. The van der Waals surface area contributed by atoms with E-state index in [1.807, 2.05) is 0 Å². The van der Waals surface area contributed by atoms with Crippen LogP contribution in [-0.4, -0.2) is 21.0 Å². The summed E-state index contributed by atoms with van der Waals surface area (Å²) in [6, 6.07) is 0. The van der Waals surface area contributed by atoms with Gasteiger partial charge in [-0.15, -0.1) is 0 Å². The second kappa shape index (κ2) is 3.04. The number of H-pyrrole nitrogens is 1. The summed E-state index contributed by atoms with van der Waals surface area (Å²) < 4.78 is 0. The number of aromatic nitrogens is 2. The van der Waals surface area contributed by atoms with Crippen LogP contribution in [-0.2, 0) is 11.2 Å². The normalized spacial score (nSPS) is 9.67. The Kier molecular flexibility index (Phi) is 2.09. The SMILES string of the molecule is NC(=O)Cc1nc[nH]c(=O)c1O. The van der Waals surface area contributed by atoms with E-state index in [0.717, 1.165) is 6.33 Å². The van der Waals surface area contributed by atoms with Gasteiger partial charge in [0.1, 0.15) is 0 Å². The molecule has 0 radical (unpaired) electrons. The number of rotatable bonds is 2. The summed E-state index contributed by atoms with van der Waals surface area (Å²) in [5, 5.41) is 9.03. The minimum atomic E-state index is -0.679. The van der Waals surface area contributed by atoms with E-state index in [4.69, 9.17) is 10.8 Å². The summed E-state index contributed by atoms with van der Waals surface area (Å²) >= 11 is 0. The molecule has 1 aromatic rings. The van der Waals surface area contributed by atoms with E-state index in [-0.39, 0.29) is 12.1 Å². The highest BCUT2D eigenvalue weighted by Crippen LogP contribution is 2.05. The zero-order chi connectivity index (χ0) is 9.14. The lowest BCUT2D eigenvalue weighted by Crippen LogP contribution is -2.17. The molecule has 0 bridgehead atoms. The third-order valence-corrected chi connectivity index (χ3v) is 1.25. The summed E-state index contributed by atoms with van der Waals surface area (Å²) in [6.45, 7) is 0. The molecule has 12 heavy (non-hydrogen) atoms. The van der Waals surface area contributed by atoms with Gasteiger partial charge in [-0.2, -0.15) is 0 Å². The van der Waals surface area contributed by atoms with Crippen molar-refractivity contribution < 1.29 is 9.90 Å². The Morgan fingerprint density at radius 2 is 2.42 bits per heavy atom. The van der Waals surface area contributed by atoms with Crippen LogP contribution in [0.4, 0.5) is 0 Å². The van der Waals surface area contributed by atoms with Gasteiger partial charge < -0.3 is 15.8 Å². The number of primary amides is 1. The van der Waals surface area contributed by atoms with Crippen molar-refractivity contribution in [1.29, 1.82) is 0 Å². The van der Waals surface area contributed by atoms with Crippen LogP contribution >= 0.6 is 0 Å². The maximum absolute atomic E-state index is 10.7. The molecule has 0 aliphatic heterocycles. The number of carbonyl (C=O) groups excluding carboxylic acids is 1. The highest BCUT2D eigenvalue weighted by Gasteiger charge is 2.08. The van der Waals surface area contributed by atoms with E-state index < -0.39 is 17.2 Å². The van der Waals surface area contributed by atoms with Gasteiger partial charge >= 0.3 is 0 Å². The molecule has 0 aromatic carbocycles.